The summed E-state index contributed by atoms with van der Waals surface area (Å²) in [6, 6.07) is 2.53. The number of rotatable bonds is 8. The summed E-state index contributed by atoms with van der Waals surface area (Å²) in [5.41, 5.74) is 2.18. The van der Waals surface area contributed by atoms with Crippen LogP contribution in [0.1, 0.15) is 73.9 Å². The van der Waals surface area contributed by atoms with Crippen LogP contribution in [0.25, 0.3) is 0 Å². The van der Waals surface area contributed by atoms with Crippen LogP contribution in [0.4, 0.5) is 5.13 Å². The van der Waals surface area contributed by atoms with E-state index in [4.69, 9.17) is 9.51 Å². The number of hydrogen-bond acceptors (Lipinski definition) is 7. The van der Waals surface area contributed by atoms with E-state index in [1.54, 1.807) is 0 Å². The Labute approximate surface area is 195 Å². The fourth-order valence-corrected chi connectivity index (χ4v) is 6.72. The van der Waals surface area contributed by atoms with Crippen molar-refractivity contribution in [1.82, 2.24) is 15.0 Å². The smallest absolute Gasteiger partial charge is 0.186 e. The van der Waals surface area contributed by atoms with Gasteiger partial charge in [0.1, 0.15) is 11.5 Å². The highest BCUT2D eigenvalue weighted by molar-refractivity contribution is 7.15. The van der Waals surface area contributed by atoms with E-state index >= 15 is 0 Å². The zero-order valence-corrected chi connectivity index (χ0v) is 20.3. The normalized spacial score (nSPS) is 26.1. The molecule has 32 heavy (non-hydrogen) atoms. The summed E-state index contributed by atoms with van der Waals surface area (Å²) in [4.78, 5) is 24.0. The van der Waals surface area contributed by atoms with Gasteiger partial charge in [-0.2, -0.15) is 0 Å². The molecule has 0 radical (unpaired) electrons. The minimum atomic E-state index is 0.295. The minimum absolute atomic E-state index is 0.295. The molecule has 2 fully saturated rings. The van der Waals surface area contributed by atoms with Crippen LogP contribution in [-0.2, 0) is 24.2 Å². The third kappa shape index (κ3) is 5.09. The van der Waals surface area contributed by atoms with Crippen LogP contribution < -0.4 is 4.90 Å². The molecule has 0 N–H and O–H groups in total. The van der Waals surface area contributed by atoms with E-state index in [2.05, 4.69) is 21.9 Å². The first kappa shape index (κ1) is 22.1. The molecule has 1 saturated carbocycles. The van der Waals surface area contributed by atoms with Crippen LogP contribution in [0.15, 0.2) is 10.6 Å². The summed E-state index contributed by atoms with van der Waals surface area (Å²) in [6.45, 7) is 8.76. The number of hydrogen-bond donors (Lipinski definition) is 0. The maximum absolute atomic E-state index is 12.4. The summed E-state index contributed by atoms with van der Waals surface area (Å²) < 4.78 is 5.20. The van der Waals surface area contributed by atoms with Gasteiger partial charge in [0.15, 0.2) is 5.13 Å². The molecular weight excluding hydrogens is 420 g/mol. The third-order valence-electron chi connectivity index (χ3n) is 7.75. The van der Waals surface area contributed by atoms with E-state index in [1.807, 2.05) is 24.3 Å². The van der Waals surface area contributed by atoms with Gasteiger partial charge in [0, 0.05) is 43.0 Å². The number of aromatic nitrogens is 2. The molecule has 1 atom stereocenters. The van der Waals surface area contributed by atoms with Gasteiger partial charge in [0.05, 0.1) is 17.8 Å². The molecule has 0 aromatic carbocycles. The number of Topliss-reactive ketones (excluding diaryl/α,β-unsaturated/α-hetero) is 1. The maximum Gasteiger partial charge on any atom is 0.186 e. The molecule has 0 spiro atoms. The van der Waals surface area contributed by atoms with Crippen molar-refractivity contribution in [1.29, 1.82) is 0 Å². The van der Waals surface area contributed by atoms with Crippen molar-refractivity contribution in [3.05, 3.63) is 28.1 Å². The Morgan fingerprint density at radius 3 is 2.69 bits per heavy atom. The van der Waals surface area contributed by atoms with Crippen molar-refractivity contribution in [2.75, 3.05) is 24.5 Å². The highest BCUT2D eigenvalue weighted by Gasteiger charge is 2.30. The lowest BCUT2D eigenvalue weighted by molar-refractivity contribution is -0.119. The largest absolute Gasteiger partial charge is 0.361 e. The lowest BCUT2D eigenvalue weighted by atomic mass is 9.78. The van der Waals surface area contributed by atoms with Crippen LogP contribution in [-0.4, -0.2) is 46.5 Å². The molecule has 2 aliphatic heterocycles. The van der Waals surface area contributed by atoms with Gasteiger partial charge >= 0.3 is 0 Å². The van der Waals surface area contributed by atoms with Crippen LogP contribution in [0.3, 0.4) is 0 Å². The van der Waals surface area contributed by atoms with Gasteiger partial charge in [-0.3, -0.25) is 9.69 Å². The number of fused-ring (bicyclic) bond motifs is 1. The minimum Gasteiger partial charge on any atom is -0.361 e. The average molecular weight is 457 g/mol. The summed E-state index contributed by atoms with van der Waals surface area (Å²) in [5, 5.41) is 5.13. The van der Waals surface area contributed by atoms with Crippen molar-refractivity contribution in [3.8, 4) is 0 Å². The Morgan fingerprint density at radius 2 is 2.00 bits per heavy atom. The molecule has 0 bridgehead atoms. The van der Waals surface area contributed by atoms with E-state index in [0.717, 1.165) is 24.6 Å². The van der Waals surface area contributed by atoms with Gasteiger partial charge in [0.2, 0.25) is 0 Å². The average Bonchev–Trinajstić information content (AvgIpc) is 3.37. The van der Waals surface area contributed by atoms with Crippen LogP contribution in [0.2, 0.25) is 0 Å². The Balaban J connectivity index is 1.02. The summed E-state index contributed by atoms with van der Waals surface area (Å²) in [6.07, 6.45) is 9.77. The lowest BCUT2D eigenvalue weighted by Crippen LogP contribution is -2.45. The summed E-state index contributed by atoms with van der Waals surface area (Å²) in [5.74, 6) is 2.37. The first-order valence-electron chi connectivity index (χ1n) is 12.4. The zero-order valence-electron chi connectivity index (χ0n) is 19.5. The van der Waals surface area contributed by atoms with E-state index in [0.29, 0.717) is 36.3 Å². The van der Waals surface area contributed by atoms with E-state index in [-0.39, 0.29) is 0 Å². The zero-order chi connectivity index (χ0) is 22.1. The van der Waals surface area contributed by atoms with Crippen LogP contribution >= 0.6 is 11.3 Å². The van der Waals surface area contributed by atoms with E-state index < -0.39 is 0 Å². The molecule has 4 heterocycles. The number of anilines is 1. The highest BCUT2D eigenvalue weighted by Crippen LogP contribution is 2.36. The molecule has 174 valence electrons. The van der Waals surface area contributed by atoms with Gasteiger partial charge < -0.3 is 9.42 Å². The number of thiazole rings is 1. The van der Waals surface area contributed by atoms with Crippen molar-refractivity contribution >= 4 is 22.3 Å². The monoisotopic (exact) mass is 456 g/mol. The number of aryl methyl sites for hydroxylation is 1. The van der Waals surface area contributed by atoms with Gasteiger partial charge in [-0.05, 0) is 64.3 Å². The number of ketones is 1. The second-order valence-electron chi connectivity index (χ2n) is 10.3. The predicted octanol–water partition coefficient (Wildman–Crippen LogP) is 4.79. The Morgan fingerprint density at radius 1 is 1.19 bits per heavy atom. The lowest BCUT2D eigenvalue weighted by Gasteiger charge is -2.38. The fourth-order valence-electron chi connectivity index (χ4n) is 5.53. The molecule has 1 aliphatic carbocycles. The first-order valence-corrected chi connectivity index (χ1v) is 13.3. The third-order valence-corrected chi connectivity index (χ3v) is 8.94. The molecule has 6 nitrogen and oxygen atoms in total. The molecular formula is C25H36N4O2S. The van der Waals surface area contributed by atoms with Crippen molar-refractivity contribution in [2.24, 2.45) is 11.8 Å². The van der Waals surface area contributed by atoms with E-state index in [1.165, 1.54) is 73.9 Å². The topological polar surface area (TPSA) is 62.5 Å². The Bertz CT molecular complexity index is 930. The molecule has 1 unspecified atom stereocenters. The van der Waals surface area contributed by atoms with Crippen molar-refractivity contribution in [3.63, 3.8) is 0 Å². The Hall–Kier alpha value is -1.73. The van der Waals surface area contributed by atoms with Crippen LogP contribution in [0.5, 0.6) is 0 Å². The summed E-state index contributed by atoms with van der Waals surface area (Å²) in [7, 11) is 0. The van der Waals surface area contributed by atoms with Gasteiger partial charge in [-0.25, -0.2) is 4.98 Å². The molecule has 2 aromatic rings. The Kier molecular flexibility index (Phi) is 6.65. The molecule has 1 saturated heterocycles. The predicted molar refractivity (Wildman–Crippen MR) is 127 cm³/mol. The number of carbonyl (C=O) groups is 1. The van der Waals surface area contributed by atoms with Crippen molar-refractivity contribution in [2.45, 2.75) is 84.2 Å². The second kappa shape index (κ2) is 9.64. The van der Waals surface area contributed by atoms with Crippen molar-refractivity contribution < 1.29 is 9.32 Å². The summed E-state index contributed by atoms with van der Waals surface area (Å²) >= 11 is 1.93. The standard InChI is InChI=1S/C25H36N4O2S/c1-17-13-22(31-27-17)15-21(30)14-20-5-3-19(4-6-20)8-10-28-11-9-24-23(16-28)26-25(32-24)29-12-7-18(29)2/h13,18-20H,3-12,14-16H2,1-2H3. The highest BCUT2D eigenvalue weighted by atomic mass is 32.1. The fraction of sp³-hybridized carbons (Fsp3) is 0.720. The molecule has 3 aliphatic rings. The molecule has 0 amide bonds. The van der Waals surface area contributed by atoms with Gasteiger partial charge in [-0.15, -0.1) is 11.3 Å². The number of nitrogens with zero attached hydrogens (tertiary/aromatic N) is 4. The SMILES string of the molecule is Cc1cc(CC(=O)CC2CCC(CCN3CCc4sc(N5CCC5C)nc4C3)CC2)on1. The molecule has 2 aromatic heterocycles. The molecule has 5 rings (SSSR count). The van der Waals surface area contributed by atoms with Gasteiger partial charge in [-0.1, -0.05) is 18.0 Å². The maximum atomic E-state index is 12.4. The van der Waals surface area contributed by atoms with Gasteiger partial charge in [0.25, 0.3) is 0 Å². The molecule has 7 heteroatoms. The van der Waals surface area contributed by atoms with E-state index in [9.17, 15) is 4.79 Å². The quantitative estimate of drug-likeness (QED) is 0.569. The number of carbonyl (C=O) groups excluding carboxylic acids is 1. The van der Waals surface area contributed by atoms with Crippen LogP contribution in [0, 0.1) is 18.8 Å². The first-order chi connectivity index (χ1) is 15.5. The second-order valence-corrected chi connectivity index (χ2v) is 11.3.